The maximum Gasteiger partial charge on any atom is 0.320 e. The van der Waals surface area contributed by atoms with E-state index in [0.29, 0.717) is 0 Å². The number of hydrogen-bond donors (Lipinski definition) is 4. The highest BCUT2D eigenvalue weighted by Gasteiger charge is 2.14. The molecule has 4 aromatic rings. The lowest BCUT2D eigenvalue weighted by molar-refractivity contribution is -0.139. The molecule has 2 heterocycles. The van der Waals surface area contributed by atoms with Gasteiger partial charge in [-0.05, 0) is 30.2 Å². The Labute approximate surface area is 151 Å². The Morgan fingerprint density at radius 2 is 1.35 bits per heavy atom. The van der Waals surface area contributed by atoms with E-state index in [1.807, 2.05) is 48.5 Å². The van der Waals surface area contributed by atoms with E-state index >= 15 is 0 Å². The number of aromatic nitrogens is 4. The van der Waals surface area contributed by atoms with Crippen molar-refractivity contribution in [3.8, 4) is 0 Å². The molecule has 0 amide bonds. The third kappa shape index (κ3) is 5.42. The summed E-state index contributed by atoms with van der Waals surface area (Å²) < 4.78 is 0. The average Bonchev–Trinajstić information content (AvgIpc) is 3.30. The topological polar surface area (TPSA) is 121 Å². The van der Waals surface area contributed by atoms with Crippen LogP contribution in [0.3, 0.4) is 0 Å². The van der Waals surface area contributed by atoms with Crippen LogP contribution in [0.15, 0.2) is 61.2 Å². The maximum atomic E-state index is 10.0. The number of hydrogen-bond acceptors (Lipinski definition) is 4. The summed E-state index contributed by atoms with van der Waals surface area (Å²) in [5.74, 6) is -0.910. The quantitative estimate of drug-likeness (QED) is 0.441. The molecule has 0 bridgehead atoms. The molecule has 0 spiro atoms. The van der Waals surface area contributed by atoms with Crippen LogP contribution in [0.25, 0.3) is 22.1 Å². The second kappa shape index (κ2) is 9.33. The molecule has 0 aliphatic heterocycles. The largest absolute Gasteiger partial charge is 0.480 e. The highest BCUT2D eigenvalue weighted by Crippen LogP contribution is 2.06. The van der Waals surface area contributed by atoms with Crippen LogP contribution >= 0.6 is 0 Å². The van der Waals surface area contributed by atoms with E-state index in [2.05, 4.69) is 19.9 Å². The fraction of sp³-hybridized carbons (Fsp3) is 0.211. The molecule has 136 valence electrons. The van der Waals surface area contributed by atoms with Crippen molar-refractivity contribution in [3.63, 3.8) is 0 Å². The Bertz CT molecular complexity index is 819. The van der Waals surface area contributed by atoms with Gasteiger partial charge >= 0.3 is 5.97 Å². The van der Waals surface area contributed by atoms with Crippen molar-refractivity contribution in [1.82, 2.24) is 19.9 Å². The zero-order valence-electron chi connectivity index (χ0n) is 14.8. The zero-order chi connectivity index (χ0) is 18.9. The highest BCUT2D eigenvalue weighted by molar-refractivity contribution is 5.74. The number of H-pyrrole nitrogens is 2. The van der Waals surface area contributed by atoms with E-state index in [1.165, 1.54) is 0 Å². The first kappa shape index (κ1) is 19.1. The van der Waals surface area contributed by atoms with Gasteiger partial charge < -0.3 is 20.8 Å². The van der Waals surface area contributed by atoms with Crippen LogP contribution in [-0.2, 0) is 4.79 Å². The van der Waals surface area contributed by atoms with Crippen LogP contribution < -0.4 is 5.73 Å². The SMILES string of the molecule is CC(C)[C@H](N)C(=O)O.c1ccc2[nH]cnc2c1.c1ccc2[nH]cnc2c1. The minimum Gasteiger partial charge on any atom is -0.480 e. The summed E-state index contributed by atoms with van der Waals surface area (Å²) in [5, 5.41) is 8.23. The Kier molecular flexibility index (Phi) is 6.87. The summed E-state index contributed by atoms with van der Waals surface area (Å²) in [6.07, 6.45) is 3.40. The van der Waals surface area contributed by atoms with Crippen LogP contribution in [0.4, 0.5) is 0 Å². The first-order chi connectivity index (χ1) is 12.5. The van der Waals surface area contributed by atoms with Crippen molar-refractivity contribution >= 4 is 28.0 Å². The van der Waals surface area contributed by atoms with Gasteiger partial charge in [0.2, 0.25) is 0 Å². The second-order valence-electron chi connectivity index (χ2n) is 5.95. The summed E-state index contributed by atoms with van der Waals surface area (Å²) in [7, 11) is 0. The minimum absolute atomic E-state index is 0.0208. The number of carbonyl (C=O) groups is 1. The molecule has 2 aromatic carbocycles. The van der Waals surface area contributed by atoms with Crippen molar-refractivity contribution in [2.75, 3.05) is 0 Å². The molecular formula is C19H23N5O2. The number of nitrogens with one attached hydrogen (secondary N) is 2. The Morgan fingerprint density at radius 3 is 1.65 bits per heavy atom. The molecule has 5 N–H and O–H groups in total. The molecule has 0 aliphatic carbocycles. The van der Waals surface area contributed by atoms with Crippen molar-refractivity contribution in [2.45, 2.75) is 19.9 Å². The predicted octanol–water partition coefficient (Wildman–Crippen LogP) is 3.18. The van der Waals surface area contributed by atoms with E-state index in [0.717, 1.165) is 22.1 Å². The highest BCUT2D eigenvalue weighted by atomic mass is 16.4. The van der Waals surface area contributed by atoms with Gasteiger partial charge in [0, 0.05) is 0 Å². The summed E-state index contributed by atoms with van der Waals surface area (Å²) >= 11 is 0. The molecule has 1 atom stereocenters. The average molecular weight is 353 g/mol. The molecule has 0 radical (unpaired) electrons. The number of benzene rings is 2. The molecule has 0 aliphatic rings. The lowest BCUT2D eigenvalue weighted by atomic mass is 10.1. The lowest BCUT2D eigenvalue weighted by Gasteiger charge is -2.07. The number of carboxylic acid groups (broad SMARTS) is 1. The van der Waals surface area contributed by atoms with Gasteiger partial charge in [0.05, 0.1) is 34.7 Å². The molecule has 0 unspecified atom stereocenters. The summed E-state index contributed by atoms with van der Waals surface area (Å²) in [6.45, 7) is 3.55. The molecule has 4 rings (SSSR count). The molecule has 2 aromatic heterocycles. The van der Waals surface area contributed by atoms with Crippen molar-refractivity contribution in [1.29, 1.82) is 0 Å². The van der Waals surface area contributed by atoms with Gasteiger partial charge in [-0.3, -0.25) is 4.79 Å². The van der Waals surface area contributed by atoms with Crippen LogP contribution in [-0.4, -0.2) is 37.1 Å². The van der Waals surface area contributed by atoms with Crippen LogP contribution in [0.2, 0.25) is 0 Å². The number of aliphatic carboxylic acids is 1. The van der Waals surface area contributed by atoms with Gasteiger partial charge in [-0.1, -0.05) is 38.1 Å². The van der Waals surface area contributed by atoms with Crippen molar-refractivity contribution in [3.05, 3.63) is 61.2 Å². The molecule has 7 heteroatoms. The molecule has 0 saturated heterocycles. The number of carboxylic acids is 1. The van der Waals surface area contributed by atoms with Gasteiger partial charge in [-0.25, -0.2) is 9.97 Å². The van der Waals surface area contributed by atoms with E-state index in [9.17, 15) is 4.79 Å². The molecule has 0 saturated carbocycles. The maximum absolute atomic E-state index is 10.0. The summed E-state index contributed by atoms with van der Waals surface area (Å²) in [5.41, 5.74) is 9.40. The Hall–Kier alpha value is -3.19. The fourth-order valence-electron chi connectivity index (χ4n) is 2.04. The second-order valence-corrected chi connectivity index (χ2v) is 5.95. The van der Waals surface area contributed by atoms with Gasteiger partial charge in [-0.2, -0.15) is 0 Å². The van der Waals surface area contributed by atoms with E-state index < -0.39 is 12.0 Å². The molecule has 7 nitrogen and oxygen atoms in total. The third-order valence-corrected chi connectivity index (χ3v) is 3.66. The molecule has 0 fully saturated rings. The Balaban J connectivity index is 0.000000141. The zero-order valence-corrected chi connectivity index (χ0v) is 14.8. The van der Waals surface area contributed by atoms with Gasteiger partial charge in [0.1, 0.15) is 6.04 Å². The van der Waals surface area contributed by atoms with Crippen LogP contribution in [0.5, 0.6) is 0 Å². The first-order valence-electron chi connectivity index (χ1n) is 8.23. The monoisotopic (exact) mass is 353 g/mol. The van der Waals surface area contributed by atoms with Crippen LogP contribution in [0, 0.1) is 5.92 Å². The number of nitrogens with two attached hydrogens (primary N) is 1. The van der Waals surface area contributed by atoms with Gasteiger partial charge in [0.15, 0.2) is 0 Å². The summed E-state index contributed by atoms with van der Waals surface area (Å²) in [6, 6.07) is 15.2. The lowest BCUT2D eigenvalue weighted by Crippen LogP contribution is -2.34. The number of fused-ring (bicyclic) bond motifs is 2. The van der Waals surface area contributed by atoms with Crippen molar-refractivity contribution in [2.24, 2.45) is 11.7 Å². The Morgan fingerprint density at radius 1 is 0.923 bits per heavy atom. The fourth-order valence-corrected chi connectivity index (χ4v) is 2.04. The number of aromatic amines is 2. The van der Waals surface area contributed by atoms with E-state index in [1.54, 1.807) is 26.5 Å². The van der Waals surface area contributed by atoms with Crippen molar-refractivity contribution < 1.29 is 9.90 Å². The summed E-state index contributed by atoms with van der Waals surface area (Å²) in [4.78, 5) is 24.2. The molecular weight excluding hydrogens is 330 g/mol. The smallest absolute Gasteiger partial charge is 0.320 e. The van der Waals surface area contributed by atoms with E-state index in [-0.39, 0.29) is 5.92 Å². The number of rotatable bonds is 2. The number of para-hydroxylation sites is 4. The van der Waals surface area contributed by atoms with E-state index in [4.69, 9.17) is 10.8 Å². The molecule has 26 heavy (non-hydrogen) atoms. The van der Waals surface area contributed by atoms with Gasteiger partial charge in [0.25, 0.3) is 0 Å². The number of imidazole rings is 2. The predicted molar refractivity (Wildman–Crippen MR) is 103 cm³/mol. The normalized spacial score (nSPS) is 11.4. The van der Waals surface area contributed by atoms with Crippen LogP contribution in [0.1, 0.15) is 13.8 Å². The minimum atomic E-state index is -0.931. The van der Waals surface area contributed by atoms with Gasteiger partial charge in [-0.15, -0.1) is 0 Å². The first-order valence-corrected chi connectivity index (χ1v) is 8.23. The standard InChI is InChI=1S/2C7H6N2.C5H11NO2/c2*1-2-4-7-6(3-1)8-5-9-7;1-3(2)4(6)5(7)8/h2*1-5H,(H,8,9);3-4H,6H2,1-2H3,(H,7,8)/t;;4-/m..0/s1. The third-order valence-electron chi connectivity index (χ3n) is 3.66. The number of nitrogens with zero attached hydrogens (tertiary/aromatic N) is 2.